The van der Waals surface area contributed by atoms with Crippen molar-refractivity contribution < 1.29 is 13.2 Å². The van der Waals surface area contributed by atoms with Gasteiger partial charge in [-0.3, -0.25) is 4.79 Å². The van der Waals surface area contributed by atoms with Gasteiger partial charge in [-0.15, -0.1) is 0 Å². The Bertz CT molecular complexity index is 1210. The molecule has 0 fully saturated rings. The van der Waals surface area contributed by atoms with Gasteiger partial charge in [-0.25, -0.2) is 18.5 Å². The van der Waals surface area contributed by atoms with Crippen molar-refractivity contribution in [2.45, 2.75) is 12.3 Å². The van der Waals surface area contributed by atoms with Crippen LogP contribution in [0.25, 0.3) is 17.1 Å². The highest BCUT2D eigenvalue weighted by atomic mass is 32.2. The zero-order valence-electron chi connectivity index (χ0n) is 14.7. The summed E-state index contributed by atoms with van der Waals surface area (Å²) in [6.45, 7) is 0.145. The maximum absolute atomic E-state index is 12.4. The number of primary sulfonamides is 1. The standard InChI is InChI=1S/C19H17N5O3S/c20-9-15(8-16-11-23-18-17(16)5-2-6-22-18)19(25)24-10-13-3-1-4-14(7-13)12-28(21,26)27/h1-8,11H,10,12H2,(H,22,23)(H,24,25)(H2,21,26,27)/b15-8+. The molecule has 0 saturated heterocycles. The van der Waals surface area contributed by atoms with Crippen molar-refractivity contribution in [1.29, 1.82) is 5.26 Å². The highest BCUT2D eigenvalue weighted by Gasteiger charge is 2.11. The second kappa shape index (κ2) is 8.04. The van der Waals surface area contributed by atoms with Gasteiger partial charge in [-0.1, -0.05) is 24.3 Å². The van der Waals surface area contributed by atoms with E-state index in [1.165, 1.54) is 6.08 Å². The monoisotopic (exact) mass is 395 g/mol. The van der Waals surface area contributed by atoms with Gasteiger partial charge in [0.25, 0.3) is 5.91 Å². The Morgan fingerprint density at radius 3 is 2.82 bits per heavy atom. The van der Waals surface area contributed by atoms with Crippen LogP contribution in [0.4, 0.5) is 0 Å². The number of rotatable bonds is 6. The van der Waals surface area contributed by atoms with Gasteiger partial charge in [0.05, 0.1) is 5.75 Å². The number of carbonyl (C=O) groups is 1. The number of nitriles is 1. The largest absolute Gasteiger partial charge is 0.347 e. The van der Waals surface area contributed by atoms with Gasteiger partial charge in [-0.2, -0.15) is 5.26 Å². The lowest BCUT2D eigenvalue weighted by atomic mass is 10.1. The first-order chi connectivity index (χ1) is 13.4. The first-order valence-corrected chi connectivity index (χ1v) is 9.97. The average Bonchev–Trinajstić information content (AvgIpc) is 3.06. The van der Waals surface area contributed by atoms with Gasteiger partial charge in [0.2, 0.25) is 10.0 Å². The van der Waals surface area contributed by atoms with E-state index in [2.05, 4.69) is 15.3 Å². The Balaban J connectivity index is 1.73. The van der Waals surface area contributed by atoms with Crippen LogP contribution in [0.3, 0.4) is 0 Å². The number of benzene rings is 1. The summed E-state index contributed by atoms with van der Waals surface area (Å²) in [4.78, 5) is 19.5. The Morgan fingerprint density at radius 2 is 2.07 bits per heavy atom. The highest BCUT2D eigenvalue weighted by Crippen LogP contribution is 2.18. The van der Waals surface area contributed by atoms with Gasteiger partial charge in [0.1, 0.15) is 17.3 Å². The lowest BCUT2D eigenvalue weighted by Gasteiger charge is -2.06. The molecule has 3 aromatic rings. The molecule has 8 nitrogen and oxygen atoms in total. The van der Waals surface area contributed by atoms with Gasteiger partial charge < -0.3 is 10.3 Å². The molecule has 0 saturated carbocycles. The highest BCUT2D eigenvalue weighted by molar-refractivity contribution is 7.88. The Hall–Kier alpha value is -3.48. The van der Waals surface area contributed by atoms with Crippen molar-refractivity contribution in [3.05, 3.63) is 71.1 Å². The predicted octanol–water partition coefficient (Wildman–Crippen LogP) is 1.57. The molecule has 3 rings (SSSR count). The average molecular weight is 395 g/mol. The molecular weight excluding hydrogens is 378 g/mol. The lowest BCUT2D eigenvalue weighted by Crippen LogP contribution is -2.24. The first kappa shape index (κ1) is 19.3. The topological polar surface area (TPSA) is 142 Å². The molecule has 1 aromatic carbocycles. The number of hydrogen-bond acceptors (Lipinski definition) is 5. The van der Waals surface area contributed by atoms with Crippen molar-refractivity contribution in [3.63, 3.8) is 0 Å². The van der Waals surface area contributed by atoms with Crippen molar-refractivity contribution in [3.8, 4) is 6.07 Å². The zero-order valence-corrected chi connectivity index (χ0v) is 15.5. The number of pyridine rings is 1. The maximum Gasteiger partial charge on any atom is 0.262 e. The van der Waals surface area contributed by atoms with Crippen LogP contribution in [0.1, 0.15) is 16.7 Å². The van der Waals surface area contributed by atoms with Crippen molar-refractivity contribution in [2.75, 3.05) is 0 Å². The SMILES string of the molecule is N#C/C(=C\c1c[nH]c2ncccc12)C(=O)NCc1cccc(CS(N)(=O)=O)c1. The minimum absolute atomic E-state index is 0.0505. The van der Waals surface area contributed by atoms with E-state index in [0.29, 0.717) is 22.3 Å². The Kier molecular flexibility index (Phi) is 5.54. The molecule has 28 heavy (non-hydrogen) atoms. The predicted molar refractivity (Wildman–Crippen MR) is 105 cm³/mol. The first-order valence-electron chi connectivity index (χ1n) is 8.26. The van der Waals surface area contributed by atoms with Gasteiger partial charge in [0.15, 0.2) is 0 Å². The van der Waals surface area contributed by atoms with Gasteiger partial charge in [0, 0.05) is 29.9 Å². The molecule has 0 atom stereocenters. The molecule has 0 aliphatic rings. The third-order valence-corrected chi connectivity index (χ3v) is 4.70. The second-order valence-corrected chi connectivity index (χ2v) is 7.74. The van der Waals surface area contributed by atoms with Crippen LogP contribution in [0, 0.1) is 11.3 Å². The smallest absolute Gasteiger partial charge is 0.262 e. The van der Waals surface area contributed by atoms with Crippen LogP contribution >= 0.6 is 0 Å². The molecule has 2 heterocycles. The number of nitrogens with two attached hydrogens (primary N) is 1. The number of hydrogen-bond donors (Lipinski definition) is 3. The minimum Gasteiger partial charge on any atom is -0.347 e. The zero-order chi connectivity index (χ0) is 20.1. The summed E-state index contributed by atoms with van der Waals surface area (Å²) in [6.07, 6.45) is 4.82. The van der Waals surface area contributed by atoms with E-state index >= 15 is 0 Å². The number of H-pyrrole nitrogens is 1. The number of fused-ring (bicyclic) bond motifs is 1. The molecule has 9 heteroatoms. The van der Waals surface area contributed by atoms with Crippen LogP contribution in [0.2, 0.25) is 0 Å². The molecule has 0 unspecified atom stereocenters. The van der Waals surface area contributed by atoms with Gasteiger partial charge in [-0.05, 0) is 29.3 Å². The van der Waals surface area contributed by atoms with Crippen LogP contribution in [-0.2, 0) is 27.1 Å². The molecule has 2 aromatic heterocycles. The summed E-state index contributed by atoms with van der Waals surface area (Å²) in [6, 6.07) is 12.2. The fourth-order valence-corrected chi connectivity index (χ4v) is 3.38. The fraction of sp³-hybridized carbons (Fsp3) is 0.105. The number of amides is 1. The maximum atomic E-state index is 12.4. The number of aromatic amines is 1. The molecule has 4 N–H and O–H groups in total. The van der Waals surface area contributed by atoms with E-state index < -0.39 is 15.9 Å². The summed E-state index contributed by atoms with van der Waals surface area (Å²) in [5, 5.41) is 17.9. The lowest BCUT2D eigenvalue weighted by molar-refractivity contribution is -0.117. The van der Waals surface area contributed by atoms with E-state index in [-0.39, 0.29) is 17.9 Å². The quantitative estimate of drug-likeness (QED) is 0.429. The summed E-state index contributed by atoms with van der Waals surface area (Å²) < 4.78 is 22.4. The van der Waals surface area contributed by atoms with Crippen LogP contribution in [0.15, 0.2) is 54.4 Å². The van der Waals surface area contributed by atoms with E-state index in [1.54, 1.807) is 42.7 Å². The summed E-state index contributed by atoms with van der Waals surface area (Å²) >= 11 is 0. The normalized spacial score (nSPS) is 11.9. The third kappa shape index (κ3) is 4.82. The number of nitrogens with zero attached hydrogens (tertiary/aromatic N) is 2. The van der Waals surface area contributed by atoms with Crippen LogP contribution in [0.5, 0.6) is 0 Å². The van der Waals surface area contributed by atoms with Crippen molar-refractivity contribution in [2.24, 2.45) is 5.14 Å². The van der Waals surface area contributed by atoms with Crippen LogP contribution in [-0.4, -0.2) is 24.3 Å². The number of aromatic nitrogens is 2. The molecule has 0 aliphatic carbocycles. The summed E-state index contributed by atoms with van der Waals surface area (Å²) in [5.41, 5.74) is 2.52. The molecular formula is C19H17N5O3S. The fourth-order valence-electron chi connectivity index (χ4n) is 2.74. The van der Waals surface area contributed by atoms with E-state index in [1.807, 2.05) is 12.1 Å². The molecule has 0 spiro atoms. The molecule has 0 bridgehead atoms. The molecule has 1 amide bonds. The summed E-state index contributed by atoms with van der Waals surface area (Å²) in [5.74, 6) is -0.815. The second-order valence-electron chi connectivity index (χ2n) is 6.12. The van der Waals surface area contributed by atoms with E-state index in [9.17, 15) is 18.5 Å². The molecule has 142 valence electrons. The molecule has 0 aliphatic heterocycles. The number of sulfonamides is 1. The van der Waals surface area contributed by atoms with E-state index in [0.717, 1.165) is 5.39 Å². The number of nitrogens with one attached hydrogen (secondary N) is 2. The van der Waals surface area contributed by atoms with Crippen molar-refractivity contribution >= 4 is 33.0 Å². The third-order valence-electron chi connectivity index (χ3n) is 3.96. The minimum atomic E-state index is -3.64. The summed E-state index contributed by atoms with van der Waals surface area (Å²) in [7, 11) is -3.64. The Labute approximate surface area is 161 Å². The van der Waals surface area contributed by atoms with Crippen molar-refractivity contribution in [1.82, 2.24) is 15.3 Å². The van der Waals surface area contributed by atoms with Gasteiger partial charge >= 0.3 is 0 Å². The Morgan fingerprint density at radius 1 is 1.29 bits per heavy atom. The number of carbonyl (C=O) groups excluding carboxylic acids is 1. The molecule has 0 radical (unpaired) electrons. The van der Waals surface area contributed by atoms with E-state index in [4.69, 9.17) is 5.14 Å². The van der Waals surface area contributed by atoms with Crippen LogP contribution < -0.4 is 10.5 Å².